The molecule has 0 spiro atoms. The molecule has 0 radical (unpaired) electrons. The number of aliphatic carboxylic acids is 1. The summed E-state index contributed by atoms with van der Waals surface area (Å²) >= 11 is 15.2. The Balaban J connectivity index is 2.36. The molecular formula is C17H9BrCl2NO3-. The Bertz CT molecular complexity index is 819. The number of halogens is 3. The highest BCUT2D eigenvalue weighted by molar-refractivity contribution is 9.10. The molecule has 0 heterocycles. The second-order valence-electron chi connectivity index (χ2n) is 4.65. The van der Waals surface area contributed by atoms with Crippen LogP contribution in [0.3, 0.4) is 0 Å². The van der Waals surface area contributed by atoms with E-state index in [2.05, 4.69) is 22.0 Å². The Hall–Kier alpha value is -2.00. The minimum absolute atomic E-state index is 0.197. The van der Waals surface area contributed by atoms with E-state index >= 15 is 0 Å². The lowest BCUT2D eigenvalue weighted by molar-refractivity contribution is -0.307. The Morgan fingerprint density at radius 1 is 1.29 bits per heavy atom. The highest BCUT2D eigenvalue weighted by Crippen LogP contribution is 2.35. The summed E-state index contributed by atoms with van der Waals surface area (Å²) in [5.74, 6) is -1.15. The number of nitrogens with zero attached hydrogens (tertiary/aromatic N) is 1. The molecule has 0 amide bonds. The van der Waals surface area contributed by atoms with E-state index in [-0.39, 0.29) is 10.8 Å². The number of carbonyl (C=O) groups excluding carboxylic acids is 1. The van der Waals surface area contributed by atoms with Crippen molar-refractivity contribution in [1.82, 2.24) is 0 Å². The van der Waals surface area contributed by atoms with Crippen LogP contribution in [0.25, 0.3) is 11.6 Å². The molecule has 0 saturated heterocycles. The Labute approximate surface area is 157 Å². The van der Waals surface area contributed by atoms with E-state index in [1.807, 2.05) is 0 Å². The van der Waals surface area contributed by atoms with Gasteiger partial charge in [0.05, 0.1) is 27.1 Å². The maximum absolute atomic E-state index is 10.5. The van der Waals surface area contributed by atoms with Gasteiger partial charge in [-0.2, -0.15) is 5.26 Å². The van der Waals surface area contributed by atoms with Crippen LogP contribution in [0.15, 0.2) is 40.9 Å². The Kier molecular flexibility index (Phi) is 6.27. The number of hydrogen-bond donors (Lipinski definition) is 0. The number of carboxylic acid groups (broad SMARTS) is 1. The first-order chi connectivity index (χ1) is 11.4. The van der Waals surface area contributed by atoms with E-state index in [9.17, 15) is 15.2 Å². The van der Waals surface area contributed by atoms with E-state index in [1.54, 1.807) is 42.5 Å². The van der Waals surface area contributed by atoms with E-state index in [0.717, 1.165) is 0 Å². The second kappa shape index (κ2) is 8.20. The maximum atomic E-state index is 10.5. The van der Waals surface area contributed by atoms with Crippen molar-refractivity contribution in [3.05, 3.63) is 62.0 Å². The molecule has 4 nitrogen and oxygen atoms in total. The number of benzene rings is 2. The van der Waals surface area contributed by atoms with Crippen molar-refractivity contribution in [1.29, 1.82) is 5.26 Å². The summed E-state index contributed by atoms with van der Waals surface area (Å²) in [6, 6.07) is 12.2. The summed E-state index contributed by atoms with van der Waals surface area (Å²) < 4.78 is 5.54. The van der Waals surface area contributed by atoms with Crippen LogP contribution in [0.5, 0.6) is 5.75 Å². The van der Waals surface area contributed by atoms with Gasteiger partial charge in [0.1, 0.15) is 6.61 Å². The fraction of sp³-hybridized carbons (Fsp3) is 0.0588. The van der Waals surface area contributed by atoms with Gasteiger partial charge < -0.3 is 14.6 Å². The topological polar surface area (TPSA) is 73.1 Å². The standard InChI is InChI=1S/C17H10BrCl2NO3/c18-14-6-10(7-15(20)17(14)24-9-16(22)23)5-12(8-21)11-1-3-13(19)4-2-11/h1-7H,9H2,(H,22,23)/p-1/b12-5-. The number of rotatable bonds is 5. The van der Waals surface area contributed by atoms with E-state index < -0.39 is 12.6 Å². The van der Waals surface area contributed by atoms with Gasteiger partial charge in [-0.3, -0.25) is 0 Å². The molecule has 0 aromatic heterocycles. The van der Waals surface area contributed by atoms with Crippen LogP contribution in [0.4, 0.5) is 0 Å². The zero-order valence-electron chi connectivity index (χ0n) is 12.1. The first-order valence-corrected chi connectivity index (χ1v) is 8.15. The molecule has 7 heteroatoms. The molecule has 0 aliphatic rings. The molecule has 0 bridgehead atoms. The molecule has 0 saturated carbocycles. The third kappa shape index (κ3) is 4.75. The minimum Gasteiger partial charge on any atom is -0.546 e. The van der Waals surface area contributed by atoms with Gasteiger partial charge in [-0.1, -0.05) is 35.3 Å². The van der Waals surface area contributed by atoms with Crippen LogP contribution in [0.2, 0.25) is 10.0 Å². The maximum Gasteiger partial charge on any atom is 0.152 e. The molecule has 122 valence electrons. The molecule has 2 aromatic rings. The van der Waals surface area contributed by atoms with Crippen molar-refractivity contribution >= 4 is 56.8 Å². The normalized spacial score (nSPS) is 11.0. The van der Waals surface area contributed by atoms with Gasteiger partial charge in [-0.25, -0.2) is 0 Å². The molecule has 0 atom stereocenters. The number of nitriles is 1. The van der Waals surface area contributed by atoms with E-state index in [4.69, 9.17) is 27.9 Å². The summed E-state index contributed by atoms with van der Waals surface area (Å²) in [4.78, 5) is 10.5. The predicted octanol–water partition coefficient (Wildman–Crippen LogP) is 3.95. The zero-order chi connectivity index (χ0) is 17.7. The second-order valence-corrected chi connectivity index (χ2v) is 6.35. The molecule has 2 aromatic carbocycles. The fourth-order valence-corrected chi connectivity index (χ4v) is 3.02. The molecule has 0 unspecified atom stereocenters. The highest BCUT2D eigenvalue weighted by atomic mass is 79.9. The Morgan fingerprint density at radius 2 is 1.96 bits per heavy atom. The first kappa shape index (κ1) is 18.3. The molecule has 24 heavy (non-hydrogen) atoms. The van der Waals surface area contributed by atoms with Crippen molar-refractivity contribution in [2.45, 2.75) is 0 Å². The number of ether oxygens (including phenoxy) is 1. The van der Waals surface area contributed by atoms with Crippen molar-refractivity contribution in [2.75, 3.05) is 6.61 Å². The van der Waals surface area contributed by atoms with Crippen LogP contribution in [-0.4, -0.2) is 12.6 Å². The van der Waals surface area contributed by atoms with Crippen LogP contribution < -0.4 is 9.84 Å². The summed E-state index contributed by atoms with van der Waals surface area (Å²) in [6.45, 7) is -0.609. The van der Waals surface area contributed by atoms with Crippen molar-refractivity contribution < 1.29 is 14.6 Å². The third-order valence-electron chi connectivity index (χ3n) is 2.94. The quantitative estimate of drug-likeness (QED) is 0.537. The average Bonchev–Trinajstić information content (AvgIpc) is 2.52. The molecule has 0 aliphatic carbocycles. The number of carbonyl (C=O) groups is 1. The van der Waals surface area contributed by atoms with Crippen molar-refractivity contribution in [3.8, 4) is 11.8 Å². The van der Waals surface area contributed by atoms with Gasteiger partial charge in [0.2, 0.25) is 0 Å². The zero-order valence-corrected chi connectivity index (χ0v) is 15.2. The number of allylic oxidation sites excluding steroid dienone is 1. The molecule has 0 fully saturated rings. The monoisotopic (exact) mass is 424 g/mol. The van der Waals surface area contributed by atoms with Gasteiger partial charge >= 0.3 is 0 Å². The number of hydrogen-bond acceptors (Lipinski definition) is 4. The lowest BCUT2D eigenvalue weighted by Gasteiger charge is -2.11. The van der Waals surface area contributed by atoms with Crippen LogP contribution in [0, 0.1) is 11.3 Å². The Morgan fingerprint density at radius 3 is 2.50 bits per heavy atom. The number of carboxylic acids is 1. The molecule has 0 N–H and O–H groups in total. The molecular weight excluding hydrogens is 417 g/mol. The first-order valence-electron chi connectivity index (χ1n) is 6.60. The predicted molar refractivity (Wildman–Crippen MR) is 94.6 cm³/mol. The van der Waals surface area contributed by atoms with Gasteiger partial charge in [0.15, 0.2) is 5.75 Å². The summed E-state index contributed by atoms with van der Waals surface area (Å²) in [7, 11) is 0. The van der Waals surface area contributed by atoms with Gasteiger partial charge in [-0.15, -0.1) is 0 Å². The summed E-state index contributed by atoms with van der Waals surface area (Å²) in [6.07, 6.45) is 1.66. The van der Waals surface area contributed by atoms with Crippen LogP contribution >= 0.6 is 39.1 Å². The largest absolute Gasteiger partial charge is 0.546 e. The summed E-state index contributed by atoms with van der Waals surface area (Å²) in [5, 5.41) is 20.6. The fourth-order valence-electron chi connectivity index (χ4n) is 1.91. The van der Waals surface area contributed by atoms with Gasteiger partial charge in [-0.05, 0) is 57.4 Å². The van der Waals surface area contributed by atoms with Gasteiger partial charge in [0.25, 0.3) is 0 Å². The molecule has 2 rings (SSSR count). The van der Waals surface area contributed by atoms with Crippen LogP contribution in [0.1, 0.15) is 11.1 Å². The van der Waals surface area contributed by atoms with Crippen LogP contribution in [-0.2, 0) is 4.79 Å². The van der Waals surface area contributed by atoms with Crippen molar-refractivity contribution in [3.63, 3.8) is 0 Å². The lowest BCUT2D eigenvalue weighted by Crippen LogP contribution is -2.29. The summed E-state index contributed by atoms with van der Waals surface area (Å²) in [5.41, 5.74) is 1.80. The van der Waals surface area contributed by atoms with E-state index in [0.29, 0.717) is 26.2 Å². The average molecular weight is 426 g/mol. The third-order valence-corrected chi connectivity index (χ3v) is 4.06. The minimum atomic E-state index is -1.35. The van der Waals surface area contributed by atoms with Gasteiger partial charge in [0, 0.05) is 5.02 Å². The lowest BCUT2D eigenvalue weighted by atomic mass is 10.0. The highest BCUT2D eigenvalue weighted by Gasteiger charge is 2.10. The SMILES string of the molecule is N#C/C(=C/c1cc(Cl)c(OCC(=O)[O-])c(Br)c1)c1ccc(Cl)cc1. The molecule has 0 aliphatic heterocycles. The smallest absolute Gasteiger partial charge is 0.152 e. The van der Waals surface area contributed by atoms with E-state index in [1.165, 1.54) is 0 Å². The van der Waals surface area contributed by atoms with Crippen molar-refractivity contribution in [2.24, 2.45) is 0 Å².